The van der Waals surface area contributed by atoms with Gasteiger partial charge in [0.05, 0.1) is 17.9 Å². The van der Waals surface area contributed by atoms with Crippen LogP contribution in [0.5, 0.6) is 0 Å². The number of nitrogens with one attached hydrogen (secondary N) is 1. The number of benzene rings is 1. The van der Waals surface area contributed by atoms with Crippen molar-refractivity contribution in [3.05, 3.63) is 59.3 Å². The van der Waals surface area contributed by atoms with Crippen LogP contribution in [0, 0.1) is 5.82 Å². The summed E-state index contributed by atoms with van der Waals surface area (Å²) in [5.41, 5.74) is -0.886. The molecule has 1 heterocycles. The summed E-state index contributed by atoms with van der Waals surface area (Å²) in [6.07, 6.45) is -3.24. The molecule has 0 aliphatic carbocycles. The molecule has 2 rings (SSSR count). The molecule has 1 aromatic heterocycles. The molecular formula is C14H13F4NO. The van der Waals surface area contributed by atoms with Crippen molar-refractivity contribution in [3.8, 4) is 0 Å². The van der Waals surface area contributed by atoms with Crippen LogP contribution in [0.2, 0.25) is 0 Å². The summed E-state index contributed by atoms with van der Waals surface area (Å²) in [4.78, 5) is 0. The Kier molecular flexibility index (Phi) is 4.13. The molecule has 2 nitrogen and oxygen atoms in total. The van der Waals surface area contributed by atoms with Gasteiger partial charge in [0, 0.05) is 0 Å². The highest BCUT2D eigenvalue weighted by Gasteiger charge is 2.34. The van der Waals surface area contributed by atoms with Gasteiger partial charge in [-0.15, -0.1) is 0 Å². The summed E-state index contributed by atoms with van der Waals surface area (Å²) in [5, 5.41) is 3.05. The topological polar surface area (TPSA) is 25.2 Å². The second-order valence-electron chi connectivity index (χ2n) is 4.24. The van der Waals surface area contributed by atoms with E-state index in [4.69, 9.17) is 4.42 Å². The zero-order chi connectivity index (χ0) is 14.8. The molecule has 0 fully saturated rings. The Hall–Kier alpha value is -1.82. The lowest BCUT2D eigenvalue weighted by Crippen LogP contribution is -2.22. The van der Waals surface area contributed by atoms with Crippen molar-refractivity contribution >= 4 is 0 Å². The predicted molar refractivity (Wildman–Crippen MR) is 65.6 cm³/mol. The molecule has 0 aliphatic rings. The number of halogens is 4. The fourth-order valence-corrected chi connectivity index (χ4v) is 1.98. The zero-order valence-corrected chi connectivity index (χ0v) is 10.7. The number of rotatable bonds is 4. The molecular weight excluding hydrogens is 274 g/mol. The van der Waals surface area contributed by atoms with E-state index in [1.807, 2.05) is 6.92 Å². The van der Waals surface area contributed by atoms with Crippen LogP contribution >= 0.6 is 0 Å². The van der Waals surface area contributed by atoms with E-state index in [0.717, 1.165) is 12.1 Å². The van der Waals surface area contributed by atoms with E-state index in [9.17, 15) is 17.6 Å². The van der Waals surface area contributed by atoms with E-state index in [-0.39, 0.29) is 0 Å². The van der Waals surface area contributed by atoms with Crippen LogP contribution in [0.1, 0.15) is 29.9 Å². The molecule has 0 aliphatic heterocycles. The smallest absolute Gasteiger partial charge is 0.419 e. The summed E-state index contributed by atoms with van der Waals surface area (Å²) in [5.74, 6) is -0.768. The summed E-state index contributed by atoms with van der Waals surface area (Å²) < 4.78 is 56.4. The first-order valence-electron chi connectivity index (χ1n) is 6.07. The molecule has 6 heteroatoms. The highest BCUT2D eigenvalue weighted by Crippen LogP contribution is 2.33. The number of hydrogen-bond donors (Lipinski definition) is 1. The largest absolute Gasteiger partial charge is 0.467 e. The summed E-state index contributed by atoms with van der Waals surface area (Å²) in [7, 11) is 0. The standard InChI is InChI=1S/C14H13F4NO/c1-2-19-13(12-4-3-7-20-12)9-5-6-10(11(15)8-9)14(16,17)18/h3-8,13,19H,2H2,1H3. The summed E-state index contributed by atoms with van der Waals surface area (Å²) in [6, 6.07) is 5.76. The molecule has 0 saturated carbocycles. The maximum absolute atomic E-state index is 13.6. The maximum Gasteiger partial charge on any atom is 0.419 e. The lowest BCUT2D eigenvalue weighted by atomic mass is 10.0. The average Bonchev–Trinajstić information content (AvgIpc) is 2.87. The van der Waals surface area contributed by atoms with E-state index in [1.54, 1.807) is 12.1 Å². The van der Waals surface area contributed by atoms with Crippen molar-refractivity contribution in [2.24, 2.45) is 0 Å². The monoisotopic (exact) mass is 287 g/mol. The molecule has 0 saturated heterocycles. The molecule has 0 spiro atoms. The van der Waals surface area contributed by atoms with E-state index < -0.39 is 23.6 Å². The van der Waals surface area contributed by atoms with Crippen molar-refractivity contribution in [2.45, 2.75) is 19.1 Å². The third kappa shape index (κ3) is 3.01. The van der Waals surface area contributed by atoms with Crippen LogP contribution < -0.4 is 5.32 Å². The zero-order valence-electron chi connectivity index (χ0n) is 10.7. The van der Waals surface area contributed by atoms with Crippen molar-refractivity contribution in [3.63, 3.8) is 0 Å². The van der Waals surface area contributed by atoms with Gasteiger partial charge in [0.15, 0.2) is 0 Å². The minimum atomic E-state index is -4.69. The van der Waals surface area contributed by atoms with Crippen LogP contribution in [0.25, 0.3) is 0 Å². The van der Waals surface area contributed by atoms with Crippen molar-refractivity contribution in [2.75, 3.05) is 6.54 Å². The van der Waals surface area contributed by atoms with Gasteiger partial charge in [0.1, 0.15) is 11.6 Å². The molecule has 1 aromatic carbocycles. The van der Waals surface area contributed by atoms with Crippen LogP contribution in [0.15, 0.2) is 41.0 Å². The normalized spacial score (nSPS) is 13.4. The van der Waals surface area contributed by atoms with Gasteiger partial charge >= 0.3 is 6.18 Å². The molecule has 0 bridgehead atoms. The lowest BCUT2D eigenvalue weighted by Gasteiger charge is -2.17. The van der Waals surface area contributed by atoms with Gasteiger partial charge in [-0.05, 0) is 36.4 Å². The Bertz CT molecular complexity index is 563. The molecule has 0 amide bonds. The highest BCUT2D eigenvalue weighted by molar-refractivity contribution is 5.32. The van der Waals surface area contributed by atoms with Crippen molar-refractivity contribution in [1.29, 1.82) is 0 Å². The Balaban J connectivity index is 2.38. The van der Waals surface area contributed by atoms with Crippen LogP contribution in [0.3, 0.4) is 0 Å². The first kappa shape index (κ1) is 14.6. The third-order valence-electron chi connectivity index (χ3n) is 2.87. The van der Waals surface area contributed by atoms with E-state index in [2.05, 4.69) is 5.32 Å². The molecule has 2 aromatic rings. The van der Waals surface area contributed by atoms with Crippen LogP contribution in [-0.2, 0) is 6.18 Å². The van der Waals surface area contributed by atoms with Gasteiger partial charge in [0.25, 0.3) is 0 Å². The average molecular weight is 287 g/mol. The second-order valence-corrected chi connectivity index (χ2v) is 4.24. The predicted octanol–water partition coefficient (Wildman–Crippen LogP) is 4.14. The first-order valence-corrected chi connectivity index (χ1v) is 6.07. The molecule has 1 atom stereocenters. The Morgan fingerprint density at radius 2 is 2.00 bits per heavy atom. The Morgan fingerprint density at radius 1 is 1.25 bits per heavy atom. The van der Waals surface area contributed by atoms with Gasteiger partial charge in [-0.1, -0.05) is 13.0 Å². The van der Waals surface area contributed by atoms with Crippen molar-refractivity contribution in [1.82, 2.24) is 5.32 Å². The van der Waals surface area contributed by atoms with Gasteiger partial charge < -0.3 is 9.73 Å². The van der Waals surface area contributed by atoms with Crippen LogP contribution in [-0.4, -0.2) is 6.54 Å². The molecule has 0 radical (unpaired) electrons. The molecule has 1 unspecified atom stereocenters. The first-order chi connectivity index (χ1) is 9.43. The van der Waals surface area contributed by atoms with E-state index in [0.29, 0.717) is 17.9 Å². The summed E-state index contributed by atoms with van der Waals surface area (Å²) in [6.45, 7) is 2.41. The van der Waals surface area contributed by atoms with Gasteiger partial charge in [-0.25, -0.2) is 4.39 Å². The fourth-order valence-electron chi connectivity index (χ4n) is 1.98. The number of hydrogen-bond acceptors (Lipinski definition) is 2. The quantitative estimate of drug-likeness (QED) is 0.855. The maximum atomic E-state index is 13.6. The van der Waals surface area contributed by atoms with Gasteiger partial charge in [0.2, 0.25) is 0 Å². The van der Waals surface area contributed by atoms with Gasteiger partial charge in [-0.2, -0.15) is 13.2 Å². The fraction of sp³-hybridized carbons (Fsp3) is 0.286. The molecule has 20 heavy (non-hydrogen) atoms. The number of alkyl halides is 3. The third-order valence-corrected chi connectivity index (χ3v) is 2.87. The van der Waals surface area contributed by atoms with Crippen LogP contribution in [0.4, 0.5) is 17.6 Å². The number of furan rings is 1. The lowest BCUT2D eigenvalue weighted by molar-refractivity contribution is -0.140. The highest BCUT2D eigenvalue weighted by atomic mass is 19.4. The van der Waals surface area contributed by atoms with E-state index >= 15 is 0 Å². The second kappa shape index (κ2) is 5.66. The minimum Gasteiger partial charge on any atom is -0.467 e. The van der Waals surface area contributed by atoms with Gasteiger partial charge in [-0.3, -0.25) is 0 Å². The summed E-state index contributed by atoms with van der Waals surface area (Å²) >= 11 is 0. The SMILES string of the molecule is CCNC(c1ccc(C(F)(F)F)c(F)c1)c1ccco1. The van der Waals surface area contributed by atoms with Crippen molar-refractivity contribution < 1.29 is 22.0 Å². The van der Waals surface area contributed by atoms with E-state index in [1.165, 1.54) is 12.3 Å². The molecule has 108 valence electrons. The minimum absolute atomic E-state index is 0.382. The molecule has 1 N–H and O–H groups in total. The Labute approximate surface area is 113 Å². The Morgan fingerprint density at radius 3 is 2.50 bits per heavy atom.